The SMILES string of the molecule is O=C(Oc1ccc(Cl)c(OC(=O)c2ccc(Cl)cc2Cl)c1)c1ccc(Cl)cc1Cl. The molecule has 0 saturated heterocycles. The molecule has 0 unspecified atom stereocenters. The van der Waals surface area contributed by atoms with E-state index in [2.05, 4.69) is 0 Å². The summed E-state index contributed by atoms with van der Waals surface area (Å²) in [5.41, 5.74) is 0.222. The molecular weight excluding hydrogens is 481 g/mol. The van der Waals surface area contributed by atoms with Gasteiger partial charge in [-0.05, 0) is 48.5 Å². The summed E-state index contributed by atoms with van der Waals surface area (Å²) < 4.78 is 10.6. The van der Waals surface area contributed by atoms with Gasteiger partial charge in [-0.1, -0.05) is 58.0 Å². The Kier molecular flexibility index (Phi) is 6.93. The Morgan fingerprint density at radius 2 is 1.10 bits per heavy atom. The number of hydrogen-bond donors (Lipinski definition) is 0. The summed E-state index contributed by atoms with van der Waals surface area (Å²) in [6.45, 7) is 0. The lowest BCUT2D eigenvalue weighted by Crippen LogP contribution is -2.11. The quantitative estimate of drug-likeness (QED) is 0.283. The third kappa shape index (κ3) is 5.35. The Hall–Kier alpha value is -1.95. The van der Waals surface area contributed by atoms with E-state index in [9.17, 15) is 9.59 Å². The third-order valence-electron chi connectivity index (χ3n) is 3.62. The molecule has 3 aromatic rings. The van der Waals surface area contributed by atoms with E-state index in [0.717, 1.165) is 0 Å². The summed E-state index contributed by atoms with van der Waals surface area (Å²) in [4.78, 5) is 24.7. The minimum atomic E-state index is -0.752. The van der Waals surface area contributed by atoms with Gasteiger partial charge in [0.05, 0.1) is 26.2 Å². The molecule has 0 aliphatic carbocycles. The van der Waals surface area contributed by atoms with Crippen LogP contribution in [0.2, 0.25) is 25.1 Å². The first kappa shape index (κ1) is 21.8. The third-order valence-corrected chi connectivity index (χ3v) is 5.03. The zero-order valence-corrected chi connectivity index (χ0v) is 18.0. The van der Waals surface area contributed by atoms with Crippen molar-refractivity contribution in [3.63, 3.8) is 0 Å². The summed E-state index contributed by atoms with van der Waals surface area (Å²) in [5, 5.41) is 1.15. The predicted octanol–water partition coefficient (Wildman–Crippen LogP) is 7.39. The topological polar surface area (TPSA) is 52.6 Å². The largest absolute Gasteiger partial charge is 0.423 e. The Morgan fingerprint density at radius 1 is 0.586 bits per heavy atom. The van der Waals surface area contributed by atoms with Crippen LogP contribution in [0.15, 0.2) is 54.6 Å². The fourth-order valence-electron chi connectivity index (χ4n) is 2.25. The maximum Gasteiger partial charge on any atom is 0.345 e. The summed E-state index contributed by atoms with van der Waals surface area (Å²) in [6.07, 6.45) is 0. The molecule has 0 amide bonds. The average Bonchev–Trinajstić information content (AvgIpc) is 2.64. The number of esters is 2. The number of carbonyl (C=O) groups is 2. The number of hydrogen-bond acceptors (Lipinski definition) is 4. The van der Waals surface area contributed by atoms with Crippen LogP contribution in [-0.4, -0.2) is 11.9 Å². The van der Waals surface area contributed by atoms with E-state index < -0.39 is 11.9 Å². The molecule has 0 aliphatic heterocycles. The molecule has 0 radical (unpaired) electrons. The van der Waals surface area contributed by atoms with Crippen molar-refractivity contribution in [2.24, 2.45) is 0 Å². The summed E-state index contributed by atoms with van der Waals surface area (Å²) in [7, 11) is 0. The molecule has 0 bridgehead atoms. The van der Waals surface area contributed by atoms with E-state index in [1.54, 1.807) is 0 Å². The smallest absolute Gasteiger partial charge is 0.345 e. The number of halogens is 5. The number of carbonyl (C=O) groups excluding carboxylic acids is 2. The molecule has 3 rings (SSSR count). The fraction of sp³-hybridized carbons (Fsp3) is 0. The van der Waals surface area contributed by atoms with Crippen molar-refractivity contribution in [3.8, 4) is 11.5 Å². The van der Waals surface area contributed by atoms with Crippen molar-refractivity contribution in [1.29, 1.82) is 0 Å². The molecule has 4 nitrogen and oxygen atoms in total. The van der Waals surface area contributed by atoms with Crippen LogP contribution in [-0.2, 0) is 0 Å². The first-order chi connectivity index (χ1) is 13.7. The molecule has 0 aromatic heterocycles. The summed E-state index contributed by atoms with van der Waals surface area (Å²) in [5.74, 6) is -1.39. The van der Waals surface area contributed by atoms with Crippen molar-refractivity contribution in [2.75, 3.05) is 0 Å². The second-order valence-electron chi connectivity index (χ2n) is 5.62. The van der Waals surface area contributed by atoms with Gasteiger partial charge in [0.2, 0.25) is 0 Å². The number of rotatable bonds is 4. The van der Waals surface area contributed by atoms with Gasteiger partial charge >= 0.3 is 11.9 Å². The van der Waals surface area contributed by atoms with Crippen LogP contribution >= 0.6 is 58.0 Å². The van der Waals surface area contributed by atoms with Gasteiger partial charge in [0, 0.05) is 16.1 Å². The predicted molar refractivity (Wildman–Crippen MR) is 114 cm³/mol. The molecule has 0 aliphatic rings. The van der Waals surface area contributed by atoms with E-state index in [1.165, 1.54) is 54.6 Å². The lowest BCUT2D eigenvalue weighted by molar-refractivity contribution is 0.0733. The van der Waals surface area contributed by atoms with Crippen molar-refractivity contribution in [2.45, 2.75) is 0 Å². The second-order valence-corrected chi connectivity index (χ2v) is 7.71. The van der Waals surface area contributed by atoms with E-state index in [4.69, 9.17) is 67.5 Å². The van der Waals surface area contributed by atoms with Gasteiger partial charge < -0.3 is 9.47 Å². The van der Waals surface area contributed by atoms with Crippen LogP contribution in [0.1, 0.15) is 20.7 Å². The molecule has 0 fully saturated rings. The van der Waals surface area contributed by atoms with Crippen LogP contribution in [0.5, 0.6) is 11.5 Å². The lowest BCUT2D eigenvalue weighted by atomic mass is 10.2. The molecule has 148 valence electrons. The van der Waals surface area contributed by atoms with Crippen LogP contribution < -0.4 is 9.47 Å². The van der Waals surface area contributed by atoms with Gasteiger partial charge in [-0.15, -0.1) is 0 Å². The molecule has 0 saturated carbocycles. The first-order valence-corrected chi connectivity index (χ1v) is 9.77. The molecule has 0 heterocycles. The Morgan fingerprint density at radius 3 is 1.62 bits per heavy atom. The van der Waals surface area contributed by atoms with Crippen LogP contribution in [0.25, 0.3) is 0 Å². The molecule has 0 N–H and O–H groups in total. The molecule has 29 heavy (non-hydrogen) atoms. The highest BCUT2D eigenvalue weighted by Crippen LogP contribution is 2.32. The minimum Gasteiger partial charge on any atom is -0.423 e. The number of benzene rings is 3. The van der Waals surface area contributed by atoms with E-state index in [0.29, 0.717) is 10.0 Å². The first-order valence-electron chi connectivity index (χ1n) is 7.88. The molecule has 0 atom stereocenters. The normalized spacial score (nSPS) is 10.5. The molecule has 9 heteroatoms. The Labute approximate surface area is 190 Å². The molecule has 0 spiro atoms. The minimum absolute atomic E-state index is 0.0183. The van der Waals surface area contributed by atoms with Gasteiger partial charge in [0.1, 0.15) is 5.75 Å². The molecular formula is C20H9Cl5O4. The maximum absolute atomic E-state index is 12.4. The van der Waals surface area contributed by atoms with Crippen molar-refractivity contribution in [1.82, 2.24) is 0 Å². The van der Waals surface area contributed by atoms with Crippen molar-refractivity contribution < 1.29 is 19.1 Å². The fourth-order valence-corrected chi connectivity index (χ4v) is 3.38. The van der Waals surface area contributed by atoms with E-state index in [-0.39, 0.29) is 37.7 Å². The van der Waals surface area contributed by atoms with Gasteiger partial charge in [0.25, 0.3) is 0 Å². The summed E-state index contributed by atoms with van der Waals surface area (Å²) in [6, 6.07) is 12.9. The number of ether oxygens (including phenoxy) is 2. The van der Waals surface area contributed by atoms with Gasteiger partial charge in [0.15, 0.2) is 5.75 Å². The Bertz CT molecular complexity index is 1110. The standard InChI is InChI=1S/C20H9Cl5O4/c21-10-1-4-13(16(24)7-10)19(26)28-12-3-6-15(23)18(9-12)29-20(27)14-5-2-11(22)8-17(14)25/h1-9H. The van der Waals surface area contributed by atoms with E-state index >= 15 is 0 Å². The highest BCUT2D eigenvalue weighted by atomic mass is 35.5. The van der Waals surface area contributed by atoms with Crippen molar-refractivity contribution >= 4 is 69.9 Å². The maximum atomic E-state index is 12.4. The average molecular weight is 491 g/mol. The Balaban J connectivity index is 1.80. The van der Waals surface area contributed by atoms with Gasteiger partial charge in [-0.25, -0.2) is 9.59 Å². The van der Waals surface area contributed by atoms with Crippen LogP contribution in [0.3, 0.4) is 0 Å². The van der Waals surface area contributed by atoms with E-state index in [1.807, 2.05) is 0 Å². The van der Waals surface area contributed by atoms with Crippen LogP contribution in [0, 0.1) is 0 Å². The van der Waals surface area contributed by atoms with Gasteiger partial charge in [-0.3, -0.25) is 0 Å². The van der Waals surface area contributed by atoms with Crippen molar-refractivity contribution in [3.05, 3.63) is 90.8 Å². The highest BCUT2D eigenvalue weighted by Gasteiger charge is 2.18. The zero-order chi connectivity index (χ0) is 21.1. The van der Waals surface area contributed by atoms with Gasteiger partial charge in [-0.2, -0.15) is 0 Å². The highest BCUT2D eigenvalue weighted by molar-refractivity contribution is 6.37. The monoisotopic (exact) mass is 488 g/mol. The van der Waals surface area contributed by atoms with Crippen LogP contribution in [0.4, 0.5) is 0 Å². The lowest BCUT2D eigenvalue weighted by Gasteiger charge is -2.10. The molecule has 3 aromatic carbocycles. The summed E-state index contributed by atoms with van der Waals surface area (Å²) >= 11 is 29.8. The zero-order valence-electron chi connectivity index (χ0n) is 14.2. The second kappa shape index (κ2) is 9.24.